The molecule has 13 heavy (non-hydrogen) atoms. The summed E-state index contributed by atoms with van der Waals surface area (Å²) in [6.07, 6.45) is 1.63. The summed E-state index contributed by atoms with van der Waals surface area (Å²) in [5.74, 6) is -0.0294. The van der Waals surface area contributed by atoms with Gasteiger partial charge < -0.3 is 5.11 Å². The molecule has 0 saturated carbocycles. The first-order valence-electron chi connectivity index (χ1n) is 3.79. The van der Waals surface area contributed by atoms with Crippen LogP contribution in [-0.2, 0) is 0 Å². The fourth-order valence-corrected chi connectivity index (χ4v) is 1.67. The first-order chi connectivity index (χ1) is 6.20. The first-order valence-corrected chi connectivity index (χ1v) is 4.59. The van der Waals surface area contributed by atoms with Crippen molar-refractivity contribution in [1.82, 2.24) is 10.2 Å². The van der Waals surface area contributed by atoms with Gasteiger partial charge in [0, 0.05) is 15.2 Å². The Morgan fingerprint density at radius 1 is 1.31 bits per heavy atom. The Labute approximate surface area is 83.5 Å². The van der Waals surface area contributed by atoms with E-state index in [4.69, 9.17) is 0 Å². The highest BCUT2D eigenvalue weighted by atomic mass is 79.9. The highest BCUT2D eigenvalue weighted by molar-refractivity contribution is 9.10. The predicted octanol–water partition coefficient (Wildman–Crippen LogP) is 2.41. The molecule has 0 aliphatic heterocycles. The number of aromatic hydroxyl groups is 1. The van der Waals surface area contributed by atoms with Gasteiger partial charge in [-0.2, -0.15) is 5.10 Å². The number of benzene rings is 1. The van der Waals surface area contributed by atoms with Crippen LogP contribution < -0.4 is 0 Å². The molecule has 0 fully saturated rings. The van der Waals surface area contributed by atoms with Gasteiger partial charge in [-0.1, -0.05) is 6.07 Å². The third-order valence-corrected chi connectivity index (χ3v) is 3.01. The maximum atomic E-state index is 9.39. The highest BCUT2D eigenvalue weighted by Crippen LogP contribution is 2.29. The number of aryl methyl sites for hydroxylation is 1. The normalized spacial score (nSPS) is 10.6. The lowest BCUT2D eigenvalue weighted by atomic mass is 10.1. The molecular formula is C9H7BrN2O. The Hall–Kier alpha value is -1.16. The smallest absolute Gasteiger partial charge is 0.238 e. The molecule has 2 rings (SSSR count). The molecule has 0 atom stereocenters. The zero-order chi connectivity index (χ0) is 9.42. The molecule has 2 aromatic rings. The molecular weight excluding hydrogens is 232 g/mol. The van der Waals surface area contributed by atoms with Crippen molar-refractivity contribution in [1.29, 1.82) is 0 Å². The Bertz CT molecular complexity index is 470. The van der Waals surface area contributed by atoms with Crippen molar-refractivity contribution in [2.24, 2.45) is 0 Å². The summed E-state index contributed by atoms with van der Waals surface area (Å²) in [5, 5.41) is 18.2. The minimum Gasteiger partial charge on any atom is -0.492 e. The summed E-state index contributed by atoms with van der Waals surface area (Å²) < 4.78 is 0.954. The summed E-state index contributed by atoms with van der Waals surface area (Å²) in [5.41, 5.74) is 1.11. The fraction of sp³-hybridized carbons (Fsp3) is 0.111. The lowest BCUT2D eigenvalue weighted by Crippen LogP contribution is -1.85. The maximum absolute atomic E-state index is 9.39. The van der Waals surface area contributed by atoms with E-state index in [1.807, 2.05) is 19.1 Å². The van der Waals surface area contributed by atoms with Crippen molar-refractivity contribution < 1.29 is 5.11 Å². The van der Waals surface area contributed by atoms with E-state index in [1.165, 1.54) is 0 Å². The zero-order valence-electron chi connectivity index (χ0n) is 6.95. The van der Waals surface area contributed by atoms with Crippen LogP contribution in [0.15, 0.2) is 22.8 Å². The molecule has 66 valence electrons. The molecule has 4 heteroatoms. The molecule has 1 aromatic carbocycles. The summed E-state index contributed by atoms with van der Waals surface area (Å²) in [7, 11) is 0. The van der Waals surface area contributed by atoms with Crippen molar-refractivity contribution in [2.75, 3.05) is 0 Å². The molecule has 0 amide bonds. The minimum absolute atomic E-state index is 0.0294. The second-order valence-corrected chi connectivity index (χ2v) is 3.62. The Morgan fingerprint density at radius 3 is 2.85 bits per heavy atom. The van der Waals surface area contributed by atoms with Gasteiger partial charge in [0.2, 0.25) is 5.88 Å². The van der Waals surface area contributed by atoms with Crippen LogP contribution in [0.25, 0.3) is 10.8 Å². The maximum Gasteiger partial charge on any atom is 0.238 e. The zero-order valence-corrected chi connectivity index (χ0v) is 8.54. The van der Waals surface area contributed by atoms with Gasteiger partial charge in [-0.3, -0.25) is 0 Å². The summed E-state index contributed by atoms with van der Waals surface area (Å²) in [6.45, 7) is 1.99. The predicted molar refractivity (Wildman–Crippen MR) is 53.6 cm³/mol. The van der Waals surface area contributed by atoms with Crippen LogP contribution in [-0.4, -0.2) is 15.3 Å². The molecule has 1 heterocycles. The number of aromatic nitrogens is 2. The number of nitrogens with zero attached hydrogens (tertiary/aromatic N) is 2. The van der Waals surface area contributed by atoms with Gasteiger partial charge in [0.25, 0.3) is 0 Å². The molecule has 0 unspecified atom stereocenters. The lowest BCUT2D eigenvalue weighted by molar-refractivity contribution is 0.452. The minimum atomic E-state index is -0.0294. The van der Waals surface area contributed by atoms with Gasteiger partial charge in [0.1, 0.15) is 0 Å². The number of hydrogen-bond acceptors (Lipinski definition) is 3. The monoisotopic (exact) mass is 238 g/mol. The summed E-state index contributed by atoms with van der Waals surface area (Å²) in [4.78, 5) is 0. The second-order valence-electron chi connectivity index (χ2n) is 2.83. The van der Waals surface area contributed by atoms with Gasteiger partial charge in [-0.15, -0.1) is 5.10 Å². The quantitative estimate of drug-likeness (QED) is 0.767. The largest absolute Gasteiger partial charge is 0.492 e. The molecule has 1 N–H and O–H groups in total. The third-order valence-electron chi connectivity index (χ3n) is 1.95. The van der Waals surface area contributed by atoms with Crippen LogP contribution in [0.2, 0.25) is 0 Å². The van der Waals surface area contributed by atoms with E-state index >= 15 is 0 Å². The average Bonchev–Trinajstić information content (AvgIpc) is 2.12. The van der Waals surface area contributed by atoms with Crippen LogP contribution in [0.3, 0.4) is 0 Å². The van der Waals surface area contributed by atoms with Gasteiger partial charge in [-0.25, -0.2) is 0 Å². The van der Waals surface area contributed by atoms with E-state index in [2.05, 4.69) is 26.1 Å². The molecule has 0 aliphatic rings. The molecule has 1 aromatic heterocycles. The van der Waals surface area contributed by atoms with Gasteiger partial charge in [0.15, 0.2) is 0 Å². The van der Waals surface area contributed by atoms with Crippen molar-refractivity contribution in [3.05, 3.63) is 28.4 Å². The summed E-state index contributed by atoms with van der Waals surface area (Å²) in [6, 6.07) is 3.76. The van der Waals surface area contributed by atoms with E-state index in [0.717, 1.165) is 15.4 Å². The van der Waals surface area contributed by atoms with Crippen LogP contribution in [0, 0.1) is 6.92 Å². The van der Waals surface area contributed by atoms with Crippen LogP contribution >= 0.6 is 15.9 Å². The number of rotatable bonds is 0. The van der Waals surface area contributed by atoms with Gasteiger partial charge >= 0.3 is 0 Å². The summed E-state index contributed by atoms with van der Waals surface area (Å²) >= 11 is 3.44. The Balaban J connectivity index is 2.94. The number of hydrogen-bond donors (Lipinski definition) is 1. The van der Waals surface area contributed by atoms with Crippen molar-refractivity contribution in [3.8, 4) is 5.88 Å². The topological polar surface area (TPSA) is 46.0 Å². The second kappa shape index (κ2) is 2.96. The van der Waals surface area contributed by atoms with E-state index in [-0.39, 0.29) is 5.88 Å². The SMILES string of the molecule is Cc1ccc2c(O)nncc2c1Br. The van der Waals surface area contributed by atoms with Crippen molar-refractivity contribution in [2.45, 2.75) is 6.92 Å². The average molecular weight is 239 g/mol. The molecule has 3 nitrogen and oxygen atoms in total. The van der Waals surface area contributed by atoms with E-state index < -0.39 is 0 Å². The van der Waals surface area contributed by atoms with Crippen LogP contribution in [0.5, 0.6) is 5.88 Å². The molecule has 0 spiro atoms. The van der Waals surface area contributed by atoms with Crippen molar-refractivity contribution in [3.63, 3.8) is 0 Å². The molecule has 0 saturated heterocycles. The van der Waals surface area contributed by atoms with Gasteiger partial charge in [-0.05, 0) is 34.5 Å². The molecule has 0 aliphatic carbocycles. The molecule has 0 radical (unpaired) electrons. The third kappa shape index (κ3) is 1.27. The standard InChI is InChI=1S/C9H7BrN2O/c1-5-2-3-6-7(8(5)10)4-11-12-9(6)13/h2-4H,1H3,(H,12,13). The van der Waals surface area contributed by atoms with E-state index in [1.54, 1.807) is 6.20 Å². The van der Waals surface area contributed by atoms with Crippen LogP contribution in [0.1, 0.15) is 5.56 Å². The fourth-order valence-electron chi connectivity index (χ4n) is 1.22. The Kier molecular flexibility index (Phi) is 1.92. The number of halogens is 1. The lowest BCUT2D eigenvalue weighted by Gasteiger charge is -2.03. The molecule has 0 bridgehead atoms. The van der Waals surface area contributed by atoms with Crippen molar-refractivity contribution >= 4 is 26.7 Å². The number of fused-ring (bicyclic) bond motifs is 1. The van der Waals surface area contributed by atoms with E-state index in [9.17, 15) is 5.11 Å². The van der Waals surface area contributed by atoms with E-state index in [0.29, 0.717) is 5.39 Å². The van der Waals surface area contributed by atoms with Gasteiger partial charge in [0.05, 0.1) is 6.20 Å². The first kappa shape index (κ1) is 8.44. The van der Waals surface area contributed by atoms with Crippen LogP contribution in [0.4, 0.5) is 0 Å². The highest BCUT2D eigenvalue weighted by Gasteiger charge is 2.05. The Morgan fingerprint density at radius 2 is 2.08 bits per heavy atom.